The number of hydrogen-bond acceptors (Lipinski definition) is 5. The summed E-state index contributed by atoms with van der Waals surface area (Å²) in [6.45, 7) is 10.6. The molecule has 22 heavy (non-hydrogen) atoms. The summed E-state index contributed by atoms with van der Waals surface area (Å²) in [5.41, 5.74) is 1.08. The molecule has 1 aliphatic heterocycles. The van der Waals surface area contributed by atoms with Gasteiger partial charge in [-0.15, -0.1) is 11.3 Å². The first-order valence-corrected chi connectivity index (χ1v) is 9.75. The third-order valence-corrected chi connectivity index (χ3v) is 6.41. The van der Waals surface area contributed by atoms with Crippen molar-refractivity contribution in [1.82, 2.24) is 10.3 Å². The van der Waals surface area contributed by atoms with Crippen molar-refractivity contribution < 1.29 is 9.53 Å². The molecule has 0 aliphatic carbocycles. The second kappa shape index (κ2) is 7.79. The molecule has 1 aromatic heterocycles. The molecule has 0 saturated carbocycles. The van der Waals surface area contributed by atoms with Crippen LogP contribution in [0.4, 0.5) is 0 Å². The monoisotopic (exact) mass is 342 g/mol. The molecule has 0 radical (unpaired) electrons. The lowest BCUT2D eigenvalue weighted by Gasteiger charge is -2.23. The van der Waals surface area contributed by atoms with Crippen LogP contribution in [0, 0.1) is 12.3 Å². The molecule has 6 heteroatoms. The lowest BCUT2D eigenvalue weighted by molar-refractivity contribution is -0.123. The van der Waals surface area contributed by atoms with E-state index in [9.17, 15) is 4.79 Å². The zero-order valence-corrected chi connectivity index (χ0v) is 15.5. The number of thioether (sulfide) groups is 1. The normalized spacial score (nSPS) is 22.7. The molecule has 1 aliphatic rings. The van der Waals surface area contributed by atoms with E-state index in [0.29, 0.717) is 6.54 Å². The number of aryl methyl sites for hydroxylation is 1. The Morgan fingerprint density at radius 2 is 2.32 bits per heavy atom. The topological polar surface area (TPSA) is 51.2 Å². The van der Waals surface area contributed by atoms with E-state index < -0.39 is 0 Å². The van der Waals surface area contributed by atoms with Gasteiger partial charge in [0.15, 0.2) is 0 Å². The summed E-state index contributed by atoms with van der Waals surface area (Å²) in [6.07, 6.45) is 1.82. The van der Waals surface area contributed by atoms with Gasteiger partial charge in [-0.25, -0.2) is 4.98 Å². The summed E-state index contributed by atoms with van der Waals surface area (Å²) < 4.78 is 6.52. The van der Waals surface area contributed by atoms with Gasteiger partial charge in [-0.3, -0.25) is 4.79 Å². The smallest absolute Gasteiger partial charge is 0.228 e. The van der Waals surface area contributed by atoms with Gasteiger partial charge in [-0.05, 0) is 25.5 Å². The lowest BCUT2D eigenvalue weighted by Crippen LogP contribution is -2.38. The molecule has 1 aromatic rings. The molecule has 2 heterocycles. The van der Waals surface area contributed by atoms with Gasteiger partial charge in [0, 0.05) is 23.4 Å². The zero-order chi connectivity index (χ0) is 16.2. The minimum Gasteiger partial charge on any atom is -0.381 e. The number of hydrogen-bond donors (Lipinski definition) is 1. The highest BCUT2D eigenvalue weighted by Crippen LogP contribution is 2.34. The average molecular weight is 343 g/mol. The predicted molar refractivity (Wildman–Crippen MR) is 92.8 cm³/mol. The van der Waals surface area contributed by atoms with Gasteiger partial charge in [-0.2, -0.15) is 0 Å². The second-order valence-electron chi connectivity index (χ2n) is 6.15. The molecule has 124 valence electrons. The number of carbonyl (C=O) groups is 1. The molecule has 2 atom stereocenters. The molecule has 0 aromatic carbocycles. The fourth-order valence-corrected chi connectivity index (χ4v) is 4.94. The average Bonchev–Trinajstić information content (AvgIpc) is 3.06. The first-order chi connectivity index (χ1) is 10.5. The maximum atomic E-state index is 12.6. The summed E-state index contributed by atoms with van der Waals surface area (Å²) >= 11 is 3.41. The fourth-order valence-electron chi connectivity index (χ4n) is 2.65. The molecule has 0 bridgehead atoms. The van der Waals surface area contributed by atoms with Crippen molar-refractivity contribution in [3.63, 3.8) is 0 Å². The molecular formula is C16H26N2O2S2. The van der Waals surface area contributed by atoms with Crippen LogP contribution in [0.25, 0.3) is 0 Å². The summed E-state index contributed by atoms with van der Waals surface area (Å²) in [4.78, 5) is 18.3. The molecule has 2 rings (SSSR count). The van der Waals surface area contributed by atoms with E-state index in [-0.39, 0.29) is 17.2 Å². The molecule has 1 N–H and O–H groups in total. The minimum absolute atomic E-state index is 0.0833. The van der Waals surface area contributed by atoms with Crippen molar-refractivity contribution in [2.75, 3.05) is 25.5 Å². The van der Waals surface area contributed by atoms with Crippen LogP contribution in [-0.2, 0) is 9.53 Å². The van der Waals surface area contributed by atoms with Gasteiger partial charge in [0.25, 0.3) is 0 Å². The number of ether oxygens (including phenoxy) is 1. The van der Waals surface area contributed by atoms with Crippen molar-refractivity contribution in [3.8, 4) is 0 Å². The van der Waals surface area contributed by atoms with Gasteiger partial charge in [0.1, 0.15) is 4.34 Å². The summed E-state index contributed by atoms with van der Waals surface area (Å²) in [5, 5.41) is 3.14. The van der Waals surface area contributed by atoms with E-state index in [4.69, 9.17) is 4.74 Å². The standard InChI is InChI=1S/C16H26N2O2S2/c1-5-12(13-11(3)18-15(22-13)21-6-2)14(19)17-9-16(4)7-8-20-10-16/h12H,5-10H2,1-4H3,(H,17,19). The summed E-state index contributed by atoms with van der Waals surface area (Å²) in [6, 6.07) is 0. The van der Waals surface area contributed by atoms with Crippen LogP contribution in [0.1, 0.15) is 50.1 Å². The fraction of sp³-hybridized carbons (Fsp3) is 0.750. The molecule has 1 saturated heterocycles. The Hall–Kier alpha value is -0.590. The maximum Gasteiger partial charge on any atom is 0.228 e. The van der Waals surface area contributed by atoms with Crippen molar-refractivity contribution in [2.24, 2.45) is 5.41 Å². The largest absolute Gasteiger partial charge is 0.381 e. The Morgan fingerprint density at radius 3 is 2.91 bits per heavy atom. The summed E-state index contributed by atoms with van der Waals surface area (Å²) in [5.74, 6) is 1.04. The third-order valence-electron chi connectivity index (χ3n) is 4.11. The molecular weight excluding hydrogens is 316 g/mol. The van der Waals surface area contributed by atoms with Gasteiger partial charge in [0.2, 0.25) is 5.91 Å². The van der Waals surface area contributed by atoms with Crippen LogP contribution in [-0.4, -0.2) is 36.4 Å². The van der Waals surface area contributed by atoms with E-state index in [1.807, 2.05) is 6.92 Å². The predicted octanol–water partition coefficient (Wildman–Crippen LogP) is 3.60. The Bertz CT molecular complexity index is 510. The molecule has 0 spiro atoms. The van der Waals surface area contributed by atoms with Gasteiger partial charge < -0.3 is 10.1 Å². The maximum absolute atomic E-state index is 12.6. The number of thiazole rings is 1. The number of amides is 1. The zero-order valence-electron chi connectivity index (χ0n) is 13.9. The van der Waals surface area contributed by atoms with E-state index in [2.05, 4.69) is 31.1 Å². The van der Waals surface area contributed by atoms with Crippen molar-refractivity contribution >= 4 is 29.0 Å². The number of nitrogens with zero attached hydrogens (tertiary/aromatic N) is 1. The van der Waals surface area contributed by atoms with Crippen molar-refractivity contribution in [2.45, 2.75) is 50.8 Å². The van der Waals surface area contributed by atoms with E-state index >= 15 is 0 Å². The van der Waals surface area contributed by atoms with Crippen LogP contribution in [0.5, 0.6) is 0 Å². The number of aromatic nitrogens is 1. The Labute approximate surface area is 141 Å². The third kappa shape index (κ3) is 4.24. The minimum atomic E-state index is -0.0883. The van der Waals surface area contributed by atoms with Crippen LogP contribution in [0.3, 0.4) is 0 Å². The highest BCUT2D eigenvalue weighted by molar-refractivity contribution is 8.01. The Morgan fingerprint density at radius 1 is 1.55 bits per heavy atom. The van der Waals surface area contributed by atoms with Crippen molar-refractivity contribution in [3.05, 3.63) is 10.6 Å². The van der Waals surface area contributed by atoms with Crippen LogP contribution in [0.15, 0.2) is 4.34 Å². The first-order valence-electron chi connectivity index (χ1n) is 7.94. The van der Waals surface area contributed by atoms with Crippen LogP contribution in [0.2, 0.25) is 0 Å². The number of carbonyl (C=O) groups excluding carboxylic acids is 1. The molecule has 2 unspecified atom stereocenters. The van der Waals surface area contributed by atoms with E-state index in [1.165, 1.54) is 0 Å². The molecule has 1 fully saturated rings. The van der Waals surface area contributed by atoms with Crippen molar-refractivity contribution in [1.29, 1.82) is 0 Å². The SMILES string of the molecule is CCSc1nc(C)c(C(CC)C(=O)NCC2(C)CCOC2)s1. The van der Waals surface area contributed by atoms with Crippen LogP contribution >= 0.6 is 23.1 Å². The molecule has 1 amide bonds. The van der Waals surface area contributed by atoms with Gasteiger partial charge in [-0.1, -0.05) is 32.5 Å². The van der Waals surface area contributed by atoms with E-state index in [0.717, 1.165) is 46.7 Å². The van der Waals surface area contributed by atoms with Gasteiger partial charge in [0.05, 0.1) is 18.2 Å². The Balaban J connectivity index is 2.02. The highest BCUT2D eigenvalue weighted by atomic mass is 32.2. The summed E-state index contributed by atoms with van der Waals surface area (Å²) in [7, 11) is 0. The second-order valence-corrected chi connectivity index (χ2v) is 8.70. The number of rotatable bonds is 7. The van der Waals surface area contributed by atoms with Crippen LogP contribution < -0.4 is 5.32 Å². The van der Waals surface area contributed by atoms with E-state index in [1.54, 1.807) is 23.1 Å². The number of nitrogens with one attached hydrogen (secondary N) is 1. The Kier molecular flexibility index (Phi) is 6.29. The van der Waals surface area contributed by atoms with Gasteiger partial charge >= 0.3 is 0 Å². The molecule has 4 nitrogen and oxygen atoms in total. The lowest BCUT2D eigenvalue weighted by atomic mass is 9.89. The quantitative estimate of drug-likeness (QED) is 0.769. The first kappa shape index (κ1) is 17.8. The highest BCUT2D eigenvalue weighted by Gasteiger charge is 2.31.